The summed E-state index contributed by atoms with van der Waals surface area (Å²) in [5.41, 5.74) is 10.2. The minimum absolute atomic E-state index is 0.0664. The summed E-state index contributed by atoms with van der Waals surface area (Å²) in [4.78, 5) is 10.4. The molecule has 1 rings (SSSR count). The zero-order valence-electron chi connectivity index (χ0n) is 6.73. The predicted molar refractivity (Wildman–Crippen MR) is 50.2 cm³/mol. The van der Waals surface area contributed by atoms with Crippen LogP contribution in [0.15, 0.2) is 6.07 Å². The first-order chi connectivity index (χ1) is 6.09. The third-order valence-electron chi connectivity index (χ3n) is 1.33. The summed E-state index contributed by atoms with van der Waals surface area (Å²) in [5.74, 6) is -0.356. The summed E-state index contributed by atoms with van der Waals surface area (Å²) in [6.07, 6.45) is -1.19. The number of carbonyl (C=O) groups excluding carboxylic acids is 1. The highest BCUT2D eigenvalue weighted by Gasteiger charge is 2.10. The highest BCUT2D eigenvalue weighted by molar-refractivity contribution is 7.10. The van der Waals surface area contributed by atoms with Crippen LogP contribution in [0.3, 0.4) is 0 Å². The van der Waals surface area contributed by atoms with E-state index in [2.05, 4.69) is 9.69 Å². The highest BCUT2D eigenvalue weighted by Crippen LogP contribution is 2.16. The number of nitrogens with one attached hydrogen (secondary N) is 1. The van der Waals surface area contributed by atoms with Crippen molar-refractivity contribution in [2.24, 2.45) is 5.73 Å². The lowest BCUT2D eigenvalue weighted by molar-refractivity contribution is -0.125. The molecular weight excluding hydrogens is 192 g/mol. The molecule has 6 nitrogen and oxygen atoms in total. The molecule has 0 aromatic carbocycles. The van der Waals surface area contributed by atoms with Gasteiger partial charge in [-0.05, 0) is 11.5 Å². The Morgan fingerprint density at radius 3 is 3.00 bits per heavy atom. The summed E-state index contributed by atoms with van der Waals surface area (Å²) >= 11 is 1.15. The Morgan fingerprint density at radius 2 is 2.54 bits per heavy atom. The molecule has 0 aliphatic carbocycles. The van der Waals surface area contributed by atoms with Crippen molar-refractivity contribution in [3.8, 4) is 0 Å². The maximum atomic E-state index is 10.4. The van der Waals surface area contributed by atoms with Crippen LogP contribution in [0.25, 0.3) is 0 Å². The Bertz CT molecular complexity index is 301. The summed E-state index contributed by atoms with van der Waals surface area (Å²) in [7, 11) is 0. The van der Waals surface area contributed by atoms with Gasteiger partial charge in [0.15, 0.2) is 0 Å². The predicted octanol–water partition coefficient (Wildman–Crippen LogP) is -1.02. The highest BCUT2D eigenvalue weighted by atomic mass is 32.1. The minimum atomic E-state index is -1.19. The van der Waals surface area contributed by atoms with Crippen LogP contribution in [0.1, 0.15) is 0 Å². The fourth-order valence-electron chi connectivity index (χ4n) is 0.670. The molecule has 1 unspecified atom stereocenters. The number of hydrogen-bond acceptors (Lipinski definition) is 6. The van der Waals surface area contributed by atoms with Gasteiger partial charge in [0.25, 0.3) is 0 Å². The Labute approximate surface area is 78.7 Å². The first-order valence-electron chi connectivity index (χ1n) is 3.53. The van der Waals surface area contributed by atoms with Crippen molar-refractivity contribution in [1.29, 1.82) is 0 Å². The molecule has 1 amide bonds. The molecule has 1 aromatic rings. The molecule has 1 heterocycles. The lowest BCUT2D eigenvalue weighted by atomic mass is 10.3. The van der Waals surface area contributed by atoms with Crippen molar-refractivity contribution < 1.29 is 9.90 Å². The number of nitrogen functional groups attached to an aromatic ring is 1. The van der Waals surface area contributed by atoms with Gasteiger partial charge in [0, 0.05) is 6.07 Å². The lowest BCUT2D eigenvalue weighted by Crippen LogP contribution is -2.34. The van der Waals surface area contributed by atoms with E-state index in [1.165, 1.54) is 0 Å². The Balaban J connectivity index is 2.39. The van der Waals surface area contributed by atoms with Gasteiger partial charge in [-0.1, -0.05) is 0 Å². The molecule has 0 saturated carbocycles. The van der Waals surface area contributed by atoms with Crippen molar-refractivity contribution in [3.05, 3.63) is 6.07 Å². The number of rotatable bonds is 4. The van der Waals surface area contributed by atoms with Gasteiger partial charge in [0.1, 0.15) is 16.9 Å². The Hall–Kier alpha value is -1.34. The number of aliphatic hydroxyl groups is 1. The van der Waals surface area contributed by atoms with Crippen molar-refractivity contribution in [1.82, 2.24) is 4.37 Å². The van der Waals surface area contributed by atoms with Crippen LogP contribution in [0, 0.1) is 0 Å². The Kier molecular flexibility index (Phi) is 3.04. The van der Waals surface area contributed by atoms with Gasteiger partial charge in [0.2, 0.25) is 5.91 Å². The zero-order valence-corrected chi connectivity index (χ0v) is 7.54. The van der Waals surface area contributed by atoms with Gasteiger partial charge in [-0.2, -0.15) is 4.37 Å². The second-order valence-electron chi connectivity index (χ2n) is 2.42. The maximum absolute atomic E-state index is 10.4. The summed E-state index contributed by atoms with van der Waals surface area (Å²) in [6.45, 7) is 0.0664. The van der Waals surface area contributed by atoms with Crippen LogP contribution in [0.2, 0.25) is 0 Å². The minimum Gasteiger partial charge on any atom is -0.383 e. The quantitative estimate of drug-likeness (QED) is 0.499. The molecule has 72 valence electrons. The topological polar surface area (TPSA) is 114 Å². The smallest absolute Gasteiger partial charge is 0.248 e. The first-order valence-corrected chi connectivity index (χ1v) is 4.30. The number of aromatic nitrogens is 1. The number of primary amides is 1. The van der Waals surface area contributed by atoms with Crippen LogP contribution in [0.5, 0.6) is 0 Å². The van der Waals surface area contributed by atoms with Gasteiger partial charge in [-0.3, -0.25) is 4.79 Å². The van der Waals surface area contributed by atoms with Crippen LogP contribution in [-0.2, 0) is 4.79 Å². The molecule has 1 aromatic heterocycles. The van der Waals surface area contributed by atoms with E-state index in [1.54, 1.807) is 6.07 Å². The first kappa shape index (κ1) is 9.75. The van der Waals surface area contributed by atoms with E-state index in [9.17, 15) is 4.79 Å². The fraction of sp³-hybridized carbons (Fsp3) is 0.333. The molecule has 0 bridgehead atoms. The number of aliphatic hydroxyl groups excluding tert-OH is 1. The lowest BCUT2D eigenvalue weighted by Gasteiger charge is -2.06. The normalized spacial score (nSPS) is 12.4. The van der Waals surface area contributed by atoms with Gasteiger partial charge in [0.05, 0.1) is 6.54 Å². The molecule has 0 spiro atoms. The van der Waals surface area contributed by atoms with Gasteiger partial charge >= 0.3 is 0 Å². The van der Waals surface area contributed by atoms with Crippen molar-refractivity contribution in [2.45, 2.75) is 6.10 Å². The molecular formula is C6H10N4O2S. The van der Waals surface area contributed by atoms with Crippen molar-refractivity contribution in [3.63, 3.8) is 0 Å². The van der Waals surface area contributed by atoms with Crippen LogP contribution in [-0.4, -0.2) is 28.0 Å². The number of amides is 1. The number of nitrogens with zero attached hydrogens (tertiary/aromatic N) is 1. The molecule has 0 radical (unpaired) electrons. The van der Waals surface area contributed by atoms with E-state index in [0.717, 1.165) is 11.5 Å². The molecule has 0 aliphatic rings. The van der Waals surface area contributed by atoms with Gasteiger partial charge in [-0.25, -0.2) is 0 Å². The second kappa shape index (κ2) is 4.06. The number of hydrogen-bond donors (Lipinski definition) is 4. The molecule has 0 aliphatic heterocycles. The molecule has 1 atom stereocenters. The largest absolute Gasteiger partial charge is 0.383 e. The second-order valence-corrected chi connectivity index (χ2v) is 3.22. The molecule has 6 N–H and O–H groups in total. The summed E-state index contributed by atoms with van der Waals surface area (Å²) in [5, 5.41) is 12.5. The van der Waals surface area contributed by atoms with Crippen LogP contribution in [0.4, 0.5) is 10.8 Å². The van der Waals surface area contributed by atoms with Gasteiger partial charge in [-0.15, -0.1) is 0 Å². The van der Waals surface area contributed by atoms with E-state index in [0.29, 0.717) is 10.8 Å². The van der Waals surface area contributed by atoms with E-state index < -0.39 is 12.0 Å². The maximum Gasteiger partial charge on any atom is 0.248 e. The zero-order chi connectivity index (χ0) is 9.84. The van der Waals surface area contributed by atoms with E-state index >= 15 is 0 Å². The third-order valence-corrected chi connectivity index (χ3v) is 2.09. The third kappa shape index (κ3) is 2.88. The van der Waals surface area contributed by atoms with E-state index in [1.807, 2.05) is 0 Å². The molecule has 0 fully saturated rings. The van der Waals surface area contributed by atoms with Crippen molar-refractivity contribution >= 4 is 28.3 Å². The van der Waals surface area contributed by atoms with E-state index in [4.69, 9.17) is 16.6 Å². The average Bonchev–Trinajstić information content (AvgIpc) is 2.47. The fourth-order valence-corrected chi connectivity index (χ4v) is 1.25. The molecule has 0 saturated heterocycles. The summed E-state index contributed by atoms with van der Waals surface area (Å²) < 4.78 is 3.80. The number of nitrogens with two attached hydrogens (primary N) is 2. The number of carbonyl (C=O) groups is 1. The number of anilines is 2. The monoisotopic (exact) mass is 202 g/mol. The van der Waals surface area contributed by atoms with E-state index in [-0.39, 0.29) is 6.54 Å². The molecule has 13 heavy (non-hydrogen) atoms. The summed E-state index contributed by atoms with van der Waals surface area (Å²) in [6, 6.07) is 1.61. The standard InChI is InChI=1S/C6H10N4O2S/c7-4-1-5(13-10-4)9-2-3(11)6(8)12/h1,3,9,11H,2H2,(H2,7,10)(H2,8,12). The SMILES string of the molecule is NC(=O)C(O)CNc1cc(N)ns1. The molecule has 7 heteroatoms. The Morgan fingerprint density at radius 1 is 1.85 bits per heavy atom. The average molecular weight is 202 g/mol. The van der Waals surface area contributed by atoms with Gasteiger partial charge < -0.3 is 21.9 Å². The van der Waals surface area contributed by atoms with Crippen molar-refractivity contribution in [2.75, 3.05) is 17.6 Å². The van der Waals surface area contributed by atoms with Crippen LogP contribution >= 0.6 is 11.5 Å². The van der Waals surface area contributed by atoms with Crippen LogP contribution < -0.4 is 16.8 Å².